The molecule has 0 atom stereocenters. The third-order valence-corrected chi connectivity index (χ3v) is 5.25. The lowest BCUT2D eigenvalue weighted by molar-refractivity contribution is 0.0955. The molecule has 0 unspecified atom stereocenters. The maximum atomic E-state index is 12.3. The highest BCUT2D eigenvalue weighted by atomic mass is 79.9. The molecule has 3 rings (SSSR count). The molecule has 0 aliphatic rings. The van der Waals surface area contributed by atoms with Crippen LogP contribution >= 0.6 is 39.1 Å². The highest BCUT2D eigenvalue weighted by molar-refractivity contribution is 9.10. The molecule has 1 amide bonds. The number of ether oxygens (including phenoxy) is 2. The lowest BCUT2D eigenvalue weighted by Crippen LogP contribution is -2.18. The number of rotatable bonds is 8. The van der Waals surface area contributed by atoms with Crippen LogP contribution in [-0.4, -0.2) is 18.7 Å². The van der Waals surface area contributed by atoms with Crippen molar-refractivity contribution in [3.63, 3.8) is 0 Å². The van der Waals surface area contributed by atoms with Crippen molar-refractivity contribution in [1.29, 1.82) is 0 Å². The zero-order valence-electron chi connectivity index (χ0n) is 16.6. The first-order chi connectivity index (χ1) is 15.0. The second-order valence-corrected chi connectivity index (χ2v) is 8.06. The standard InChI is InChI=1S/C23H19BrCl2N2O3/c1-2-30-21-11-16(10-19(24)22(21)31-14-15-6-4-3-5-7-15)13-27-28-23(29)18-9-8-17(25)12-20(18)26/h3-13H,2,14H2,1H3,(H,28,29). The van der Waals surface area contributed by atoms with Crippen molar-refractivity contribution in [2.75, 3.05) is 6.61 Å². The van der Waals surface area contributed by atoms with Crippen molar-refractivity contribution >= 4 is 51.3 Å². The molecular weight excluding hydrogens is 503 g/mol. The van der Waals surface area contributed by atoms with E-state index in [1.54, 1.807) is 12.1 Å². The molecule has 0 saturated carbocycles. The molecule has 0 heterocycles. The van der Waals surface area contributed by atoms with Gasteiger partial charge in [0.05, 0.1) is 27.9 Å². The summed E-state index contributed by atoms with van der Waals surface area (Å²) in [6.45, 7) is 2.77. The fourth-order valence-corrected chi connectivity index (χ4v) is 3.76. The molecule has 0 aliphatic heterocycles. The van der Waals surface area contributed by atoms with Gasteiger partial charge in [-0.25, -0.2) is 5.43 Å². The second-order valence-electron chi connectivity index (χ2n) is 6.36. The number of carbonyl (C=O) groups is 1. The number of nitrogens with one attached hydrogen (secondary N) is 1. The molecule has 3 aromatic carbocycles. The number of hydrogen-bond acceptors (Lipinski definition) is 4. The van der Waals surface area contributed by atoms with E-state index < -0.39 is 5.91 Å². The number of nitrogens with zero attached hydrogens (tertiary/aromatic N) is 1. The molecule has 3 aromatic rings. The highest BCUT2D eigenvalue weighted by Gasteiger charge is 2.13. The number of hydrogen-bond donors (Lipinski definition) is 1. The molecule has 0 bridgehead atoms. The Morgan fingerprint density at radius 1 is 1.10 bits per heavy atom. The fraction of sp³-hybridized carbons (Fsp3) is 0.130. The zero-order valence-corrected chi connectivity index (χ0v) is 19.7. The van der Waals surface area contributed by atoms with Gasteiger partial charge in [-0.1, -0.05) is 53.5 Å². The van der Waals surface area contributed by atoms with E-state index in [4.69, 9.17) is 32.7 Å². The summed E-state index contributed by atoms with van der Waals surface area (Å²) in [5, 5.41) is 4.72. The lowest BCUT2D eigenvalue weighted by Gasteiger charge is -2.14. The Bertz CT molecular complexity index is 1090. The molecule has 1 N–H and O–H groups in total. The van der Waals surface area contributed by atoms with Gasteiger partial charge in [0.2, 0.25) is 0 Å². The molecule has 0 saturated heterocycles. The van der Waals surface area contributed by atoms with Crippen molar-refractivity contribution in [1.82, 2.24) is 5.43 Å². The first-order valence-electron chi connectivity index (χ1n) is 9.39. The first-order valence-corrected chi connectivity index (χ1v) is 10.9. The number of hydrazone groups is 1. The van der Waals surface area contributed by atoms with Crippen LogP contribution in [-0.2, 0) is 6.61 Å². The molecule has 0 aromatic heterocycles. The summed E-state index contributed by atoms with van der Waals surface area (Å²) < 4.78 is 12.4. The van der Waals surface area contributed by atoms with Crippen LogP contribution in [0, 0.1) is 0 Å². The Morgan fingerprint density at radius 3 is 2.58 bits per heavy atom. The van der Waals surface area contributed by atoms with E-state index in [-0.39, 0.29) is 10.6 Å². The predicted octanol–water partition coefficient (Wildman–Crippen LogP) is 6.50. The Kier molecular flexibility index (Phi) is 8.35. The SMILES string of the molecule is CCOc1cc(C=NNC(=O)c2ccc(Cl)cc2Cl)cc(Br)c1OCc1ccccc1. The van der Waals surface area contributed by atoms with Gasteiger partial charge in [-0.05, 0) is 64.3 Å². The maximum Gasteiger partial charge on any atom is 0.272 e. The summed E-state index contributed by atoms with van der Waals surface area (Å²) in [4.78, 5) is 12.3. The van der Waals surface area contributed by atoms with Crippen molar-refractivity contribution in [2.45, 2.75) is 13.5 Å². The molecule has 0 radical (unpaired) electrons. The van der Waals surface area contributed by atoms with Gasteiger partial charge in [-0.15, -0.1) is 0 Å². The average Bonchev–Trinajstić information content (AvgIpc) is 2.74. The Hall–Kier alpha value is -2.54. The van der Waals surface area contributed by atoms with Crippen LogP contribution < -0.4 is 14.9 Å². The molecule has 31 heavy (non-hydrogen) atoms. The predicted molar refractivity (Wildman–Crippen MR) is 128 cm³/mol. The first kappa shape index (κ1) is 23.1. The number of carbonyl (C=O) groups excluding carboxylic acids is 1. The van der Waals surface area contributed by atoms with Crippen molar-refractivity contribution in [3.8, 4) is 11.5 Å². The number of benzene rings is 3. The summed E-state index contributed by atoms with van der Waals surface area (Å²) in [7, 11) is 0. The summed E-state index contributed by atoms with van der Waals surface area (Å²) in [5.74, 6) is 0.728. The zero-order chi connectivity index (χ0) is 22.2. The monoisotopic (exact) mass is 520 g/mol. The van der Waals surface area contributed by atoms with Crippen LogP contribution in [0.2, 0.25) is 10.0 Å². The minimum atomic E-state index is -0.440. The molecular formula is C23H19BrCl2N2O3. The minimum absolute atomic E-state index is 0.251. The average molecular weight is 522 g/mol. The van der Waals surface area contributed by atoms with Gasteiger partial charge in [-0.3, -0.25) is 4.79 Å². The minimum Gasteiger partial charge on any atom is -0.490 e. The third-order valence-electron chi connectivity index (χ3n) is 4.11. The number of halogens is 3. The molecule has 160 valence electrons. The van der Waals surface area contributed by atoms with E-state index in [2.05, 4.69) is 26.5 Å². The summed E-state index contributed by atoms with van der Waals surface area (Å²) in [6.07, 6.45) is 1.51. The van der Waals surface area contributed by atoms with Gasteiger partial charge in [0.25, 0.3) is 5.91 Å². The molecule has 0 aliphatic carbocycles. The Labute approximate surface area is 199 Å². The van der Waals surface area contributed by atoms with E-state index in [9.17, 15) is 4.79 Å². The molecule has 5 nitrogen and oxygen atoms in total. The van der Waals surface area contributed by atoms with Gasteiger partial charge in [0, 0.05) is 5.02 Å². The van der Waals surface area contributed by atoms with Gasteiger partial charge in [0.1, 0.15) is 6.61 Å². The van der Waals surface area contributed by atoms with E-state index >= 15 is 0 Å². The quantitative estimate of drug-likeness (QED) is 0.272. The smallest absolute Gasteiger partial charge is 0.272 e. The normalized spacial score (nSPS) is 10.8. The summed E-state index contributed by atoms with van der Waals surface area (Å²) in [5.41, 5.74) is 4.50. The Balaban J connectivity index is 1.73. The van der Waals surface area contributed by atoms with E-state index in [1.165, 1.54) is 18.3 Å². The largest absolute Gasteiger partial charge is 0.490 e. The van der Waals surface area contributed by atoms with E-state index in [0.717, 1.165) is 5.56 Å². The van der Waals surface area contributed by atoms with Gasteiger partial charge < -0.3 is 9.47 Å². The van der Waals surface area contributed by atoms with E-state index in [0.29, 0.717) is 39.8 Å². The van der Waals surface area contributed by atoms with Crippen molar-refractivity contribution < 1.29 is 14.3 Å². The molecule has 8 heteroatoms. The molecule has 0 fully saturated rings. The molecule has 0 spiro atoms. The van der Waals surface area contributed by atoms with E-state index in [1.807, 2.05) is 43.3 Å². The lowest BCUT2D eigenvalue weighted by atomic mass is 10.2. The van der Waals surface area contributed by atoms with Gasteiger partial charge >= 0.3 is 0 Å². The van der Waals surface area contributed by atoms with Crippen LogP contribution in [0.4, 0.5) is 0 Å². The number of amides is 1. The van der Waals surface area contributed by atoms with Crippen LogP contribution in [0.3, 0.4) is 0 Å². The van der Waals surface area contributed by atoms with Crippen LogP contribution in [0.1, 0.15) is 28.4 Å². The fourth-order valence-electron chi connectivity index (χ4n) is 2.69. The van der Waals surface area contributed by atoms with Crippen LogP contribution in [0.5, 0.6) is 11.5 Å². The summed E-state index contributed by atoms with van der Waals surface area (Å²) >= 11 is 15.4. The van der Waals surface area contributed by atoms with Crippen LogP contribution in [0.15, 0.2) is 70.2 Å². The van der Waals surface area contributed by atoms with Gasteiger partial charge in [0.15, 0.2) is 11.5 Å². The Morgan fingerprint density at radius 2 is 1.87 bits per heavy atom. The van der Waals surface area contributed by atoms with Crippen LogP contribution in [0.25, 0.3) is 0 Å². The van der Waals surface area contributed by atoms with Crippen molar-refractivity contribution in [3.05, 3.63) is 91.9 Å². The van der Waals surface area contributed by atoms with Crippen molar-refractivity contribution in [2.24, 2.45) is 5.10 Å². The second kappa shape index (κ2) is 11.2. The van der Waals surface area contributed by atoms with Gasteiger partial charge in [-0.2, -0.15) is 5.10 Å². The topological polar surface area (TPSA) is 59.9 Å². The summed E-state index contributed by atoms with van der Waals surface area (Å²) in [6, 6.07) is 18.1. The maximum absolute atomic E-state index is 12.3. The highest BCUT2D eigenvalue weighted by Crippen LogP contribution is 2.37. The third kappa shape index (κ3) is 6.47.